The third-order valence-corrected chi connectivity index (χ3v) is 8.47. The molecule has 0 unspecified atom stereocenters. The molecule has 4 atom stereocenters. The van der Waals surface area contributed by atoms with Crippen molar-refractivity contribution >= 4 is 29.7 Å². The van der Waals surface area contributed by atoms with E-state index >= 15 is 0 Å². The van der Waals surface area contributed by atoms with Crippen LogP contribution in [0.1, 0.15) is 104 Å². The summed E-state index contributed by atoms with van der Waals surface area (Å²) in [5.74, 6) is -3.14. The van der Waals surface area contributed by atoms with Crippen LogP contribution >= 0.6 is 0 Å². The number of nitrogens with zero attached hydrogens (tertiary/aromatic N) is 3. The second-order valence-electron chi connectivity index (χ2n) is 15.2. The Bertz CT molecular complexity index is 1220. The first-order valence-electron chi connectivity index (χ1n) is 16.5. The molecule has 46 heavy (non-hydrogen) atoms. The van der Waals surface area contributed by atoms with Gasteiger partial charge in [0.15, 0.2) is 5.78 Å². The minimum absolute atomic E-state index is 0.0358. The van der Waals surface area contributed by atoms with Crippen molar-refractivity contribution in [1.29, 1.82) is 0 Å². The number of Topliss-reactive ketones (excluding diaryl/α,β-unsaturated/α-hetero) is 1. The number of likely N-dealkylation sites (tertiary alicyclic amines) is 1. The molecule has 3 amide bonds. The lowest BCUT2D eigenvalue weighted by molar-refractivity contribution is -0.160. The molecule has 2 fully saturated rings. The number of hydrogen-bond acceptors (Lipinski definition) is 9. The Kier molecular flexibility index (Phi) is 12.7. The van der Waals surface area contributed by atoms with Crippen molar-refractivity contribution < 1.29 is 33.4 Å². The normalized spacial score (nSPS) is 20.5. The second kappa shape index (κ2) is 15.8. The van der Waals surface area contributed by atoms with Gasteiger partial charge in [-0.2, -0.15) is 0 Å². The summed E-state index contributed by atoms with van der Waals surface area (Å²) in [5, 5.41) is 5.91. The van der Waals surface area contributed by atoms with Crippen molar-refractivity contribution in [3.8, 4) is 0 Å². The minimum Gasteiger partial charge on any atom is -0.460 e. The van der Waals surface area contributed by atoms with Crippen LogP contribution in [-0.4, -0.2) is 81.9 Å². The van der Waals surface area contributed by atoms with Gasteiger partial charge in [-0.05, 0) is 50.9 Å². The zero-order valence-electron chi connectivity index (χ0n) is 28.8. The molecule has 3 rings (SSSR count). The van der Waals surface area contributed by atoms with Gasteiger partial charge in [0, 0.05) is 37.8 Å². The second-order valence-corrected chi connectivity index (χ2v) is 15.2. The number of carbonyl (C=O) groups excluding carboxylic acids is 5. The number of ketones is 1. The molecule has 12 heteroatoms. The number of esters is 1. The van der Waals surface area contributed by atoms with Gasteiger partial charge in [-0.15, -0.1) is 0 Å². The number of rotatable bonds is 11. The smallest absolute Gasteiger partial charge is 0.409 e. The maximum absolute atomic E-state index is 14.0. The molecule has 1 aliphatic carbocycles. The van der Waals surface area contributed by atoms with E-state index in [1.807, 2.05) is 34.6 Å². The van der Waals surface area contributed by atoms with Crippen molar-refractivity contribution in [2.24, 2.45) is 29.1 Å². The van der Waals surface area contributed by atoms with Crippen molar-refractivity contribution in [2.75, 3.05) is 19.7 Å². The van der Waals surface area contributed by atoms with Gasteiger partial charge in [0.25, 0.3) is 5.91 Å². The molecular formula is C34H53N5O7. The van der Waals surface area contributed by atoms with Crippen molar-refractivity contribution in [3.63, 3.8) is 0 Å². The van der Waals surface area contributed by atoms with E-state index in [1.165, 1.54) is 23.5 Å². The van der Waals surface area contributed by atoms with E-state index in [0.717, 1.165) is 32.1 Å². The van der Waals surface area contributed by atoms with Crippen molar-refractivity contribution in [1.82, 2.24) is 25.5 Å². The highest BCUT2D eigenvalue weighted by Crippen LogP contribution is 2.33. The first-order valence-corrected chi connectivity index (χ1v) is 16.5. The summed E-state index contributed by atoms with van der Waals surface area (Å²) in [4.78, 5) is 76.7. The Morgan fingerprint density at radius 3 is 2.22 bits per heavy atom. The van der Waals surface area contributed by atoms with Crippen LogP contribution in [-0.2, 0) is 23.9 Å². The Labute approximate surface area is 273 Å². The SMILES string of the molecule is CC(C)COC(=O)N1C[C@H](NC(=O)[C@@H](CC(=O)[C@@H](NC(=O)c2cnccn2)C2CCCCC2)C(C)(C)C)[C@H](C(=O)OC(C)(C)C)C1. The molecule has 2 N–H and O–H groups in total. The standard InChI is InChI=1S/C34H53N5O7/c1-21(2)20-45-32(44)39-18-23(31(43)46-34(6,7)8)26(19-39)37-29(41)24(33(3,4)5)16-27(40)28(22-12-10-9-11-13-22)38-30(42)25-17-35-14-15-36-25/h14-15,17,21-24,26,28H,9-13,16,18-20H2,1-8H3,(H,37,41)(H,38,42)/t23-,24-,26+,28+/m1/s1. The number of carbonyl (C=O) groups is 5. The van der Waals surface area contributed by atoms with E-state index in [4.69, 9.17) is 9.47 Å². The maximum atomic E-state index is 14.0. The third-order valence-electron chi connectivity index (χ3n) is 8.47. The summed E-state index contributed by atoms with van der Waals surface area (Å²) in [7, 11) is 0. The molecule has 12 nitrogen and oxygen atoms in total. The zero-order chi connectivity index (χ0) is 34.2. The van der Waals surface area contributed by atoms with Gasteiger partial charge >= 0.3 is 12.1 Å². The van der Waals surface area contributed by atoms with Crippen LogP contribution in [0.25, 0.3) is 0 Å². The number of amides is 3. The molecule has 2 aliphatic rings. The van der Waals surface area contributed by atoms with Gasteiger partial charge < -0.3 is 25.0 Å². The zero-order valence-corrected chi connectivity index (χ0v) is 28.8. The molecular weight excluding hydrogens is 590 g/mol. The third kappa shape index (κ3) is 10.8. The van der Waals surface area contributed by atoms with Crippen LogP contribution in [0.4, 0.5) is 4.79 Å². The Morgan fingerprint density at radius 1 is 0.978 bits per heavy atom. The average Bonchev–Trinajstić information content (AvgIpc) is 3.40. The molecule has 1 saturated carbocycles. The van der Waals surface area contributed by atoms with E-state index in [1.54, 1.807) is 20.8 Å². The number of nitrogens with one attached hydrogen (secondary N) is 2. The van der Waals surface area contributed by atoms with E-state index in [-0.39, 0.29) is 49.4 Å². The Balaban J connectivity index is 1.81. The molecule has 2 heterocycles. The first-order chi connectivity index (χ1) is 21.5. The molecule has 1 aromatic rings. The fraction of sp³-hybridized carbons (Fsp3) is 0.735. The number of aromatic nitrogens is 2. The summed E-state index contributed by atoms with van der Waals surface area (Å²) < 4.78 is 11.1. The van der Waals surface area contributed by atoms with Gasteiger partial charge in [0.1, 0.15) is 11.3 Å². The van der Waals surface area contributed by atoms with Crippen molar-refractivity contribution in [2.45, 2.75) is 112 Å². The fourth-order valence-corrected chi connectivity index (χ4v) is 6.01. The average molecular weight is 644 g/mol. The van der Waals surface area contributed by atoms with Crippen LogP contribution in [0.15, 0.2) is 18.6 Å². The fourth-order valence-electron chi connectivity index (χ4n) is 6.01. The summed E-state index contributed by atoms with van der Waals surface area (Å²) in [5.41, 5.74) is -1.28. The van der Waals surface area contributed by atoms with Gasteiger partial charge in [-0.25, -0.2) is 9.78 Å². The van der Waals surface area contributed by atoms with Crippen LogP contribution in [0.2, 0.25) is 0 Å². The summed E-state index contributed by atoms with van der Waals surface area (Å²) in [6, 6.07) is -1.51. The van der Waals surface area contributed by atoms with Gasteiger partial charge in [-0.3, -0.25) is 24.2 Å². The lowest BCUT2D eigenvalue weighted by atomic mass is 9.74. The van der Waals surface area contributed by atoms with Crippen LogP contribution in [0.5, 0.6) is 0 Å². The summed E-state index contributed by atoms with van der Waals surface area (Å²) >= 11 is 0. The molecule has 0 bridgehead atoms. The lowest BCUT2D eigenvalue weighted by Gasteiger charge is -2.34. The largest absolute Gasteiger partial charge is 0.460 e. The highest BCUT2D eigenvalue weighted by atomic mass is 16.6. The van der Waals surface area contributed by atoms with Crippen LogP contribution in [0, 0.1) is 29.1 Å². The summed E-state index contributed by atoms with van der Waals surface area (Å²) in [6.45, 7) is 15.1. The number of ether oxygens (including phenoxy) is 2. The predicted octanol–water partition coefficient (Wildman–Crippen LogP) is 4.33. The van der Waals surface area contributed by atoms with Crippen LogP contribution < -0.4 is 10.6 Å². The maximum Gasteiger partial charge on any atom is 0.409 e. The summed E-state index contributed by atoms with van der Waals surface area (Å²) in [6.07, 6.45) is 8.17. The highest BCUT2D eigenvalue weighted by Gasteiger charge is 2.45. The monoisotopic (exact) mass is 643 g/mol. The van der Waals surface area contributed by atoms with E-state index in [9.17, 15) is 24.0 Å². The first kappa shape index (κ1) is 36.9. The molecule has 1 aliphatic heterocycles. The minimum atomic E-state index is -0.813. The highest BCUT2D eigenvalue weighted by molar-refractivity contribution is 5.97. The van der Waals surface area contributed by atoms with Gasteiger partial charge in [0.05, 0.1) is 30.8 Å². The lowest BCUT2D eigenvalue weighted by Crippen LogP contribution is -2.51. The van der Waals surface area contributed by atoms with E-state index in [2.05, 4.69) is 20.6 Å². The molecule has 0 radical (unpaired) electrons. The van der Waals surface area contributed by atoms with Crippen molar-refractivity contribution in [3.05, 3.63) is 24.3 Å². The van der Waals surface area contributed by atoms with Gasteiger partial charge in [-0.1, -0.05) is 53.9 Å². The quantitative estimate of drug-likeness (QED) is 0.335. The van der Waals surface area contributed by atoms with Crippen LogP contribution in [0.3, 0.4) is 0 Å². The molecule has 0 aromatic carbocycles. The molecule has 256 valence electrons. The Morgan fingerprint density at radius 2 is 1.65 bits per heavy atom. The van der Waals surface area contributed by atoms with Gasteiger partial charge in [0.2, 0.25) is 5.91 Å². The Hall–Kier alpha value is -3.57. The molecule has 0 spiro atoms. The predicted molar refractivity (Wildman–Crippen MR) is 171 cm³/mol. The molecule has 1 aromatic heterocycles. The van der Waals surface area contributed by atoms with E-state index in [0.29, 0.717) is 0 Å². The number of hydrogen-bond donors (Lipinski definition) is 2. The van der Waals surface area contributed by atoms with E-state index < -0.39 is 58.8 Å². The molecule has 1 saturated heterocycles. The topological polar surface area (TPSA) is 157 Å².